The number of furan rings is 1. The van der Waals surface area contributed by atoms with Crippen molar-refractivity contribution in [2.24, 2.45) is 11.7 Å². The van der Waals surface area contributed by atoms with Crippen molar-refractivity contribution in [2.75, 3.05) is 19.6 Å². The molecule has 1 fully saturated rings. The highest BCUT2D eigenvalue weighted by molar-refractivity contribution is 5.76. The Kier molecular flexibility index (Phi) is 3.62. The van der Waals surface area contributed by atoms with Crippen LogP contribution in [0, 0.1) is 5.92 Å². The van der Waals surface area contributed by atoms with Gasteiger partial charge < -0.3 is 15.1 Å². The van der Waals surface area contributed by atoms with Crippen LogP contribution in [0.25, 0.3) is 0 Å². The van der Waals surface area contributed by atoms with Gasteiger partial charge in [-0.1, -0.05) is 0 Å². The number of likely N-dealkylation sites (tertiary alicyclic amines) is 1. The van der Waals surface area contributed by atoms with E-state index in [1.165, 1.54) is 0 Å². The van der Waals surface area contributed by atoms with Crippen molar-refractivity contribution >= 4 is 5.91 Å². The minimum atomic E-state index is 0.215. The summed E-state index contributed by atoms with van der Waals surface area (Å²) in [7, 11) is 0. The van der Waals surface area contributed by atoms with Crippen molar-refractivity contribution in [3.8, 4) is 0 Å². The first-order chi connectivity index (χ1) is 7.79. The molecule has 0 aliphatic carbocycles. The van der Waals surface area contributed by atoms with Gasteiger partial charge in [0.2, 0.25) is 5.91 Å². The van der Waals surface area contributed by atoms with Gasteiger partial charge in [-0.05, 0) is 31.0 Å². The van der Waals surface area contributed by atoms with E-state index in [0.29, 0.717) is 25.3 Å². The van der Waals surface area contributed by atoms with Gasteiger partial charge in [-0.15, -0.1) is 0 Å². The van der Waals surface area contributed by atoms with E-state index in [0.717, 1.165) is 25.3 Å². The van der Waals surface area contributed by atoms with Crippen LogP contribution < -0.4 is 5.73 Å². The summed E-state index contributed by atoms with van der Waals surface area (Å²) in [5.41, 5.74) is 5.59. The van der Waals surface area contributed by atoms with Crippen molar-refractivity contribution in [3.63, 3.8) is 0 Å². The summed E-state index contributed by atoms with van der Waals surface area (Å²) >= 11 is 0. The first-order valence-electron chi connectivity index (χ1n) is 5.80. The second kappa shape index (κ2) is 5.16. The fraction of sp³-hybridized carbons (Fsp3) is 0.583. The molecule has 1 unspecified atom stereocenters. The van der Waals surface area contributed by atoms with E-state index in [1.807, 2.05) is 17.0 Å². The summed E-state index contributed by atoms with van der Waals surface area (Å²) in [6.45, 7) is 2.37. The van der Waals surface area contributed by atoms with Crippen LogP contribution in [-0.4, -0.2) is 30.4 Å². The number of aryl methyl sites for hydroxylation is 1. The van der Waals surface area contributed by atoms with Crippen molar-refractivity contribution < 1.29 is 9.21 Å². The molecule has 2 N–H and O–H groups in total. The van der Waals surface area contributed by atoms with Crippen LogP contribution in [0.4, 0.5) is 0 Å². The van der Waals surface area contributed by atoms with Crippen LogP contribution in [-0.2, 0) is 11.2 Å². The molecule has 0 aromatic carbocycles. The Bertz CT molecular complexity index is 335. The summed E-state index contributed by atoms with van der Waals surface area (Å²) < 4.78 is 5.20. The third-order valence-corrected chi connectivity index (χ3v) is 3.14. The van der Waals surface area contributed by atoms with Gasteiger partial charge in [0, 0.05) is 25.9 Å². The molecule has 1 aromatic rings. The van der Waals surface area contributed by atoms with Crippen LogP contribution in [0.3, 0.4) is 0 Å². The summed E-state index contributed by atoms with van der Waals surface area (Å²) in [6, 6.07) is 3.75. The number of amides is 1. The van der Waals surface area contributed by atoms with E-state index in [4.69, 9.17) is 10.2 Å². The quantitative estimate of drug-likeness (QED) is 0.827. The van der Waals surface area contributed by atoms with E-state index in [2.05, 4.69) is 0 Å². The zero-order valence-corrected chi connectivity index (χ0v) is 9.39. The summed E-state index contributed by atoms with van der Waals surface area (Å²) in [6.07, 6.45) is 3.91. The molecule has 0 bridgehead atoms. The average Bonchev–Trinajstić information content (AvgIpc) is 2.96. The number of nitrogens with two attached hydrogens (primary N) is 1. The molecule has 4 nitrogen and oxygen atoms in total. The maximum Gasteiger partial charge on any atom is 0.223 e. The maximum atomic E-state index is 11.8. The van der Waals surface area contributed by atoms with Crippen LogP contribution >= 0.6 is 0 Å². The van der Waals surface area contributed by atoms with E-state index in [1.54, 1.807) is 6.26 Å². The fourth-order valence-corrected chi connectivity index (χ4v) is 2.09. The minimum Gasteiger partial charge on any atom is -0.469 e. The van der Waals surface area contributed by atoms with Crippen LogP contribution in [0.1, 0.15) is 18.6 Å². The average molecular weight is 222 g/mol. The van der Waals surface area contributed by atoms with Crippen molar-refractivity contribution in [1.29, 1.82) is 0 Å². The molecule has 1 aliphatic heterocycles. The lowest BCUT2D eigenvalue weighted by Gasteiger charge is -2.15. The van der Waals surface area contributed by atoms with Gasteiger partial charge in [-0.3, -0.25) is 4.79 Å². The van der Waals surface area contributed by atoms with Crippen molar-refractivity contribution in [1.82, 2.24) is 4.90 Å². The SMILES string of the molecule is NCC1CCN(C(=O)CCc2ccco2)C1. The molecule has 0 radical (unpaired) electrons. The van der Waals surface area contributed by atoms with E-state index < -0.39 is 0 Å². The molecule has 1 aliphatic rings. The van der Waals surface area contributed by atoms with E-state index in [-0.39, 0.29) is 5.91 Å². The molecule has 0 spiro atoms. The molecular weight excluding hydrogens is 204 g/mol. The summed E-state index contributed by atoms with van der Waals surface area (Å²) in [5, 5.41) is 0. The number of carbonyl (C=O) groups is 1. The topological polar surface area (TPSA) is 59.5 Å². The van der Waals surface area contributed by atoms with Gasteiger partial charge in [0.25, 0.3) is 0 Å². The number of carbonyl (C=O) groups excluding carboxylic acids is 1. The highest BCUT2D eigenvalue weighted by Crippen LogP contribution is 2.16. The Hall–Kier alpha value is -1.29. The standard InChI is InChI=1S/C12H18N2O2/c13-8-10-5-6-14(9-10)12(15)4-3-11-2-1-7-16-11/h1-2,7,10H,3-6,8-9,13H2. The summed E-state index contributed by atoms with van der Waals surface area (Å²) in [4.78, 5) is 13.8. The minimum absolute atomic E-state index is 0.215. The predicted molar refractivity (Wildman–Crippen MR) is 60.8 cm³/mol. The number of rotatable bonds is 4. The van der Waals surface area contributed by atoms with Crippen LogP contribution in [0.5, 0.6) is 0 Å². The van der Waals surface area contributed by atoms with Gasteiger partial charge in [-0.25, -0.2) is 0 Å². The lowest BCUT2D eigenvalue weighted by molar-refractivity contribution is -0.130. The Labute approximate surface area is 95.4 Å². The Balaban J connectivity index is 1.76. The van der Waals surface area contributed by atoms with Crippen molar-refractivity contribution in [3.05, 3.63) is 24.2 Å². The zero-order chi connectivity index (χ0) is 11.4. The Morgan fingerprint density at radius 2 is 2.50 bits per heavy atom. The van der Waals surface area contributed by atoms with Crippen LogP contribution in [0.2, 0.25) is 0 Å². The predicted octanol–water partition coefficient (Wildman–Crippen LogP) is 1.02. The third-order valence-electron chi connectivity index (χ3n) is 3.14. The number of hydrogen-bond acceptors (Lipinski definition) is 3. The largest absolute Gasteiger partial charge is 0.469 e. The lowest BCUT2D eigenvalue weighted by Crippen LogP contribution is -2.29. The summed E-state index contributed by atoms with van der Waals surface area (Å²) in [5.74, 6) is 1.59. The molecule has 4 heteroatoms. The zero-order valence-electron chi connectivity index (χ0n) is 9.39. The number of hydrogen-bond donors (Lipinski definition) is 1. The van der Waals surface area contributed by atoms with Gasteiger partial charge in [-0.2, -0.15) is 0 Å². The first kappa shape index (κ1) is 11.2. The van der Waals surface area contributed by atoms with Crippen LogP contribution in [0.15, 0.2) is 22.8 Å². The highest BCUT2D eigenvalue weighted by Gasteiger charge is 2.24. The van der Waals surface area contributed by atoms with Gasteiger partial charge in [0.15, 0.2) is 0 Å². The highest BCUT2D eigenvalue weighted by atomic mass is 16.3. The fourth-order valence-electron chi connectivity index (χ4n) is 2.09. The monoisotopic (exact) mass is 222 g/mol. The smallest absolute Gasteiger partial charge is 0.223 e. The van der Waals surface area contributed by atoms with E-state index in [9.17, 15) is 4.79 Å². The second-order valence-electron chi connectivity index (χ2n) is 4.31. The third kappa shape index (κ3) is 2.64. The lowest BCUT2D eigenvalue weighted by atomic mass is 10.1. The maximum absolute atomic E-state index is 11.8. The van der Waals surface area contributed by atoms with E-state index >= 15 is 0 Å². The molecule has 0 saturated carbocycles. The first-order valence-corrected chi connectivity index (χ1v) is 5.80. The molecular formula is C12H18N2O2. The molecule has 16 heavy (non-hydrogen) atoms. The Morgan fingerprint density at radius 3 is 3.12 bits per heavy atom. The molecule has 1 aromatic heterocycles. The van der Waals surface area contributed by atoms with Gasteiger partial charge in [0.05, 0.1) is 6.26 Å². The molecule has 1 amide bonds. The molecule has 88 valence electrons. The normalized spacial score (nSPS) is 20.3. The van der Waals surface area contributed by atoms with Gasteiger partial charge in [0.1, 0.15) is 5.76 Å². The molecule has 2 heterocycles. The number of nitrogens with zero attached hydrogens (tertiary/aromatic N) is 1. The second-order valence-corrected chi connectivity index (χ2v) is 4.31. The van der Waals surface area contributed by atoms with Crippen molar-refractivity contribution in [2.45, 2.75) is 19.3 Å². The molecule has 1 saturated heterocycles. The van der Waals surface area contributed by atoms with Gasteiger partial charge >= 0.3 is 0 Å². The molecule has 1 atom stereocenters. The Morgan fingerprint density at radius 1 is 1.62 bits per heavy atom. The molecule has 2 rings (SSSR count).